The van der Waals surface area contributed by atoms with Gasteiger partial charge in [-0.2, -0.15) is 0 Å². The Morgan fingerprint density at radius 2 is 1.73 bits per heavy atom. The predicted octanol–water partition coefficient (Wildman–Crippen LogP) is 0.995. The first kappa shape index (κ1) is 9.13. The normalized spacial score (nSPS) is 31.4. The van der Waals surface area contributed by atoms with Gasteiger partial charge in [0, 0.05) is 11.5 Å². The lowest BCUT2D eigenvalue weighted by Crippen LogP contribution is -1.93. The third-order valence-electron chi connectivity index (χ3n) is 1.37. The molecule has 0 N–H and O–H groups in total. The van der Waals surface area contributed by atoms with E-state index < -0.39 is 21.6 Å². The Balaban J connectivity index is 2.84. The first-order valence-corrected chi connectivity index (χ1v) is 6.23. The molecular weight excluding hydrogens is 180 g/mol. The highest BCUT2D eigenvalue weighted by Gasteiger charge is 2.23. The molecule has 0 unspecified atom stereocenters. The van der Waals surface area contributed by atoms with E-state index in [0.717, 1.165) is 0 Å². The summed E-state index contributed by atoms with van der Waals surface area (Å²) in [4.78, 5) is 0. The van der Waals surface area contributed by atoms with Gasteiger partial charge in [-0.1, -0.05) is 19.9 Å². The predicted molar refractivity (Wildman–Crippen MR) is 48.9 cm³/mol. The average molecular weight is 192 g/mol. The molecular formula is C7H12O2S2. The summed E-state index contributed by atoms with van der Waals surface area (Å²) in [5.74, 6) is 1.49. The van der Waals surface area contributed by atoms with Crippen molar-refractivity contribution in [3.8, 4) is 0 Å². The summed E-state index contributed by atoms with van der Waals surface area (Å²) in [6, 6.07) is 0. The largest absolute Gasteiger partial charge is 0.254 e. The topological polar surface area (TPSA) is 34.1 Å². The van der Waals surface area contributed by atoms with Gasteiger partial charge in [0.15, 0.2) is 0 Å². The van der Waals surface area contributed by atoms with Crippen LogP contribution in [0.3, 0.4) is 0 Å². The van der Waals surface area contributed by atoms with Crippen molar-refractivity contribution in [2.24, 2.45) is 5.92 Å². The fraction of sp³-hybridized carbons (Fsp3) is 0.714. The highest BCUT2D eigenvalue weighted by atomic mass is 32.2. The van der Waals surface area contributed by atoms with Gasteiger partial charge >= 0.3 is 0 Å². The SMILES string of the molecule is CC(C)C=C1[S@](=O)CC[S@]1=O. The molecule has 64 valence electrons. The molecule has 0 bridgehead atoms. The lowest BCUT2D eigenvalue weighted by molar-refractivity contribution is 0.688. The summed E-state index contributed by atoms with van der Waals surface area (Å²) in [5, 5.41) is 0. The molecule has 1 fully saturated rings. The van der Waals surface area contributed by atoms with Crippen LogP contribution in [0.25, 0.3) is 0 Å². The molecule has 4 heteroatoms. The van der Waals surface area contributed by atoms with Crippen LogP contribution in [-0.2, 0) is 21.6 Å². The van der Waals surface area contributed by atoms with Gasteiger partial charge < -0.3 is 0 Å². The molecule has 1 rings (SSSR count). The Labute approximate surface area is 72.0 Å². The van der Waals surface area contributed by atoms with Crippen LogP contribution in [0.2, 0.25) is 0 Å². The maximum absolute atomic E-state index is 11.2. The molecule has 0 radical (unpaired) electrons. The Hall–Kier alpha value is 0.0400. The third-order valence-corrected chi connectivity index (χ3v) is 5.07. The van der Waals surface area contributed by atoms with Crippen LogP contribution in [-0.4, -0.2) is 19.9 Å². The molecule has 0 amide bonds. The third kappa shape index (κ3) is 2.24. The summed E-state index contributed by atoms with van der Waals surface area (Å²) >= 11 is 0. The van der Waals surface area contributed by atoms with Gasteiger partial charge in [-0.3, -0.25) is 8.42 Å². The van der Waals surface area contributed by atoms with Crippen LogP contribution >= 0.6 is 0 Å². The zero-order valence-corrected chi connectivity index (χ0v) is 8.33. The minimum atomic E-state index is -0.950. The minimum Gasteiger partial charge on any atom is -0.254 e. The quantitative estimate of drug-likeness (QED) is 0.621. The molecule has 1 heterocycles. The van der Waals surface area contributed by atoms with E-state index in [-0.39, 0.29) is 0 Å². The van der Waals surface area contributed by atoms with E-state index in [0.29, 0.717) is 21.7 Å². The van der Waals surface area contributed by atoms with Crippen molar-refractivity contribution in [1.82, 2.24) is 0 Å². The molecule has 0 aromatic heterocycles. The van der Waals surface area contributed by atoms with Gasteiger partial charge in [-0.25, -0.2) is 0 Å². The highest BCUT2D eigenvalue weighted by molar-refractivity contribution is 8.11. The standard InChI is InChI=1S/C7H12O2S2/c1-6(2)5-7-10(8)3-4-11(7)9/h5-6H,3-4H2,1-2H3/t10-,11-/m1/s1. The summed E-state index contributed by atoms with van der Waals surface area (Å²) in [7, 11) is -1.90. The lowest BCUT2D eigenvalue weighted by Gasteiger charge is -1.96. The maximum atomic E-state index is 11.2. The van der Waals surface area contributed by atoms with E-state index in [1.807, 2.05) is 19.9 Å². The number of hydrogen-bond acceptors (Lipinski definition) is 2. The lowest BCUT2D eigenvalue weighted by atomic mass is 10.2. The smallest absolute Gasteiger partial charge is 0.0991 e. The Bertz CT molecular complexity index is 213. The second kappa shape index (κ2) is 3.63. The van der Waals surface area contributed by atoms with Crippen LogP contribution in [0, 0.1) is 5.92 Å². The molecule has 1 aliphatic heterocycles. The molecule has 2 atom stereocenters. The van der Waals surface area contributed by atoms with E-state index in [1.165, 1.54) is 0 Å². The van der Waals surface area contributed by atoms with Gasteiger partial charge in [0.05, 0.1) is 25.8 Å². The van der Waals surface area contributed by atoms with Crippen LogP contribution in [0.5, 0.6) is 0 Å². The van der Waals surface area contributed by atoms with E-state index in [4.69, 9.17) is 0 Å². The fourth-order valence-electron chi connectivity index (χ4n) is 0.880. The number of hydrogen-bond donors (Lipinski definition) is 0. The summed E-state index contributed by atoms with van der Waals surface area (Å²) < 4.78 is 23.0. The number of rotatable bonds is 1. The zero-order valence-electron chi connectivity index (χ0n) is 6.70. The van der Waals surface area contributed by atoms with Crippen LogP contribution < -0.4 is 0 Å². The van der Waals surface area contributed by atoms with Gasteiger partial charge in [0.2, 0.25) is 0 Å². The molecule has 0 aromatic rings. The summed E-state index contributed by atoms with van der Waals surface area (Å²) in [5.41, 5.74) is 0. The van der Waals surface area contributed by atoms with E-state index in [1.54, 1.807) is 0 Å². The molecule has 1 aliphatic rings. The maximum Gasteiger partial charge on any atom is 0.0991 e. The van der Waals surface area contributed by atoms with Gasteiger partial charge in [0.1, 0.15) is 0 Å². The Kier molecular flexibility index (Phi) is 3.01. The van der Waals surface area contributed by atoms with Crippen LogP contribution in [0.15, 0.2) is 10.3 Å². The molecule has 0 saturated carbocycles. The summed E-state index contributed by atoms with van der Waals surface area (Å²) in [6.45, 7) is 4.00. The molecule has 1 saturated heterocycles. The molecule has 2 nitrogen and oxygen atoms in total. The van der Waals surface area contributed by atoms with Gasteiger partial charge in [-0.15, -0.1) is 0 Å². The van der Waals surface area contributed by atoms with E-state index >= 15 is 0 Å². The van der Waals surface area contributed by atoms with Crippen molar-refractivity contribution in [2.75, 3.05) is 11.5 Å². The van der Waals surface area contributed by atoms with Crippen LogP contribution in [0.4, 0.5) is 0 Å². The van der Waals surface area contributed by atoms with Crippen molar-refractivity contribution in [3.63, 3.8) is 0 Å². The molecule has 0 aliphatic carbocycles. The van der Waals surface area contributed by atoms with E-state index in [2.05, 4.69) is 0 Å². The number of allylic oxidation sites excluding steroid dienone is 1. The van der Waals surface area contributed by atoms with Crippen molar-refractivity contribution < 1.29 is 8.42 Å². The molecule has 0 spiro atoms. The first-order valence-electron chi connectivity index (χ1n) is 3.60. The first-order chi connectivity index (χ1) is 5.11. The average Bonchev–Trinajstić information content (AvgIpc) is 2.18. The second-order valence-electron chi connectivity index (χ2n) is 2.83. The van der Waals surface area contributed by atoms with Crippen molar-refractivity contribution in [2.45, 2.75) is 13.8 Å². The monoisotopic (exact) mass is 192 g/mol. The molecule has 11 heavy (non-hydrogen) atoms. The van der Waals surface area contributed by atoms with Crippen molar-refractivity contribution in [1.29, 1.82) is 0 Å². The van der Waals surface area contributed by atoms with Crippen molar-refractivity contribution >= 4 is 21.6 Å². The van der Waals surface area contributed by atoms with Crippen LogP contribution in [0.1, 0.15) is 13.8 Å². The summed E-state index contributed by atoms with van der Waals surface area (Å²) in [6.07, 6.45) is 1.86. The second-order valence-corrected chi connectivity index (χ2v) is 6.17. The highest BCUT2D eigenvalue weighted by Crippen LogP contribution is 2.18. The molecule has 0 aromatic carbocycles. The van der Waals surface area contributed by atoms with Gasteiger partial charge in [0.25, 0.3) is 0 Å². The van der Waals surface area contributed by atoms with Crippen molar-refractivity contribution in [3.05, 3.63) is 10.3 Å². The Morgan fingerprint density at radius 1 is 1.27 bits per heavy atom. The van der Waals surface area contributed by atoms with E-state index in [9.17, 15) is 8.42 Å². The van der Waals surface area contributed by atoms with Gasteiger partial charge in [-0.05, 0) is 5.92 Å². The minimum absolute atomic E-state index is 0.344. The fourth-order valence-corrected chi connectivity index (χ4v) is 4.67. The Morgan fingerprint density at radius 3 is 2.09 bits per heavy atom. The zero-order chi connectivity index (χ0) is 8.43.